The summed E-state index contributed by atoms with van der Waals surface area (Å²) in [5.74, 6) is 1.30. The lowest BCUT2D eigenvalue weighted by molar-refractivity contribution is -0.116. The number of carbonyl (C=O) groups is 3. The largest absolute Gasteiger partial charge is 0.480 e. The van der Waals surface area contributed by atoms with Crippen molar-refractivity contribution in [1.29, 1.82) is 0 Å². The lowest BCUT2D eigenvalue weighted by Crippen LogP contribution is -2.16. The minimum Gasteiger partial charge on any atom is -0.325 e. The number of hydrogen-bond acceptors (Lipinski definition) is 19. The summed E-state index contributed by atoms with van der Waals surface area (Å²) in [6, 6.07) is 64.9. The fourth-order valence-electron chi connectivity index (χ4n) is 12.6. The highest BCUT2D eigenvalue weighted by atomic mass is 32.2. The predicted octanol–water partition coefficient (Wildman–Crippen LogP) is 20.7. The Kier molecular flexibility index (Phi) is 26.1. The van der Waals surface area contributed by atoms with E-state index in [1.54, 1.807) is 35.3 Å². The maximum atomic E-state index is 15.9. The monoisotopic (exact) mass is 1590 g/mol. The highest BCUT2D eigenvalue weighted by Gasteiger charge is 2.33. The summed E-state index contributed by atoms with van der Waals surface area (Å²) in [4.78, 5) is 44.6. The Bertz CT molecular complexity index is 4870. The molecule has 0 fully saturated rings. The number of phosphoric ester groups is 1. The fraction of sp³-hybridized carbons (Fsp3) is 0.310. The number of nitrogens with one attached hydrogen (secondary N) is 3. The Balaban J connectivity index is 0.856. The third kappa shape index (κ3) is 22.0. The second-order valence-corrected chi connectivity index (χ2v) is 38.8. The van der Waals surface area contributed by atoms with Crippen LogP contribution in [0, 0.1) is 0 Å². The number of carbonyl (C=O) groups excluding carboxylic acids is 3. The van der Waals surface area contributed by atoms with Crippen molar-refractivity contribution in [2.75, 3.05) is 16.0 Å². The molecule has 113 heavy (non-hydrogen) atoms. The second kappa shape index (κ2) is 35.8. The van der Waals surface area contributed by atoms with Crippen LogP contribution in [0.1, 0.15) is 155 Å². The van der Waals surface area contributed by atoms with E-state index in [2.05, 4.69) is 203 Å². The minimum absolute atomic E-state index is 0.164. The van der Waals surface area contributed by atoms with Gasteiger partial charge in [0.05, 0.1) is 36.3 Å². The number of rotatable bonds is 30. The van der Waals surface area contributed by atoms with Gasteiger partial charge in [-0.1, -0.05) is 268 Å². The summed E-state index contributed by atoms with van der Waals surface area (Å²) in [7, 11) is -4.89. The molecule has 12 aromatic rings. The van der Waals surface area contributed by atoms with E-state index < -0.39 is 28.0 Å². The van der Waals surface area contributed by atoms with E-state index in [-0.39, 0.29) is 68.7 Å². The average Bonchev–Trinajstić information content (AvgIpc) is 1.57. The summed E-state index contributed by atoms with van der Waals surface area (Å²) < 4.78 is 38.5. The van der Waals surface area contributed by atoms with Crippen molar-refractivity contribution in [3.8, 4) is 67.5 Å². The molecule has 0 radical (unpaired) electrons. The maximum absolute atomic E-state index is 15.9. The Morgan fingerprint density at radius 3 is 0.850 bits per heavy atom. The van der Waals surface area contributed by atoms with Gasteiger partial charge in [0.15, 0.2) is 37.7 Å². The van der Waals surface area contributed by atoms with Gasteiger partial charge < -0.3 is 16.0 Å². The van der Waals surface area contributed by atoms with Crippen molar-refractivity contribution >= 4 is 77.9 Å². The molecule has 0 atom stereocenters. The Morgan fingerprint density at radius 2 is 0.611 bits per heavy atom. The van der Waals surface area contributed by atoms with Crippen LogP contribution in [0.5, 0.6) is 0 Å². The molecule has 3 heterocycles. The van der Waals surface area contributed by atoms with Crippen LogP contribution in [-0.2, 0) is 72.0 Å². The van der Waals surface area contributed by atoms with Gasteiger partial charge >= 0.3 is 7.82 Å². The van der Waals surface area contributed by atoms with Gasteiger partial charge in [0.25, 0.3) is 0 Å². The van der Waals surface area contributed by atoms with Gasteiger partial charge in [-0.15, -0.1) is 50.6 Å². The molecule has 26 heteroatoms. The molecule has 0 bridgehead atoms. The molecular formula is C87H96N15O7PS3. The summed E-state index contributed by atoms with van der Waals surface area (Å²) in [6.07, 6.45) is 0.538. The molecule has 0 unspecified atom stereocenters. The summed E-state index contributed by atoms with van der Waals surface area (Å²) in [5, 5.41) is 48.6. The van der Waals surface area contributed by atoms with E-state index >= 15 is 4.57 Å². The second-order valence-electron chi connectivity index (χ2n) is 31.5. The number of amides is 3. The molecule has 12 rings (SSSR count). The van der Waals surface area contributed by atoms with Crippen molar-refractivity contribution in [3.63, 3.8) is 0 Å². The number of anilines is 3. The van der Waals surface area contributed by atoms with Gasteiger partial charge in [-0.3, -0.25) is 28.0 Å². The van der Waals surface area contributed by atoms with Crippen molar-refractivity contribution in [3.05, 3.63) is 234 Å². The molecule has 0 saturated carbocycles. The van der Waals surface area contributed by atoms with Gasteiger partial charge in [0, 0.05) is 45.6 Å². The van der Waals surface area contributed by atoms with E-state index in [1.165, 1.54) is 30.7 Å². The number of hydrogen-bond donors (Lipinski definition) is 3. The third-order valence-corrected chi connectivity index (χ3v) is 22.9. The zero-order valence-corrected chi connectivity index (χ0v) is 69.8. The number of thioether (sulfide) groups is 3. The molecule has 0 saturated heterocycles. The molecule has 0 spiro atoms. The lowest BCUT2D eigenvalue weighted by Gasteiger charge is -2.21. The molecule has 9 aromatic carbocycles. The molecule has 3 aromatic heterocycles. The van der Waals surface area contributed by atoms with Crippen LogP contribution in [0.2, 0.25) is 0 Å². The highest BCUT2D eigenvalue weighted by Crippen LogP contribution is 2.52. The van der Waals surface area contributed by atoms with Crippen molar-refractivity contribution in [2.45, 2.75) is 190 Å². The zero-order chi connectivity index (χ0) is 80.4. The molecule has 22 nitrogen and oxygen atoms in total. The lowest BCUT2D eigenvalue weighted by atomic mass is 9.98. The standard InChI is InChI=1S/C87H96N15O7PS3/c1-55(2)61-34-28-58(29-35-61)46-79(103)88-73-49-64(40-43-76(73)111-85(7,8)9)67-22-16-19-25-70(67)82-91-94-97-100(82)52-107-110(106,108-53-101-83(92-95-98-101)71-26-20-17-23-68(71)65-41-44-77(112-86(10,11)12)74(50-65)89-80(104)47-59-30-36-62(37-31-59)56(3)4)109-54-102-84(93-96-99-102)72-27-21-18-24-69(72)66-42-45-78(113-87(13,14)15)75(51-66)90-81(105)48-60-32-38-63(39-33-60)57(5)6/h16-45,49-51,55-57H,46-48,52-54H2,1-15H3,(H,88,103)(H,89,104)(H,90,105). The number of aromatic nitrogens is 12. The molecule has 3 N–H and O–H groups in total. The fourth-order valence-corrected chi connectivity index (χ4v) is 16.6. The van der Waals surface area contributed by atoms with E-state index in [4.69, 9.17) is 13.6 Å². The third-order valence-electron chi connectivity index (χ3n) is 18.1. The minimum atomic E-state index is -4.89. The van der Waals surface area contributed by atoms with Crippen molar-refractivity contribution in [2.24, 2.45) is 0 Å². The Hall–Kier alpha value is -10.2. The molecule has 3 amide bonds. The summed E-state index contributed by atoms with van der Waals surface area (Å²) in [5.41, 5.74) is 14.4. The molecule has 0 aliphatic heterocycles. The van der Waals surface area contributed by atoms with Crippen LogP contribution in [-0.4, -0.2) is 92.6 Å². The quantitative estimate of drug-likeness (QED) is 0.0279. The summed E-state index contributed by atoms with van der Waals surface area (Å²) in [6.45, 7) is 30.2. The normalized spacial score (nSPS) is 12.1. The maximum Gasteiger partial charge on any atom is 0.480 e. The van der Waals surface area contributed by atoms with Gasteiger partial charge in [-0.05, 0) is 152 Å². The van der Waals surface area contributed by atoms with Gasteiger partial charge in [0.2, 0.25) is 17.7 Å². The first-order valence-corrected chi connectivity index (χ1v) is 41.5. The van der Waals surface area contributed by atoms with Crippen LogP contribution in [0.3, 0.4) is 0 Å². The molecular weight excluding hydrogens is 1490 g/mol. The zero-order valence-electron chi connectivity index (χ0n) is 66.4. The van der Waals surface area contributed by atoms with Crippen molar-refractivity contribution < 1.29 is 32.5 Å². The molecule has 584 valence electrons. The van der Waals surface area contributed by atoms with Crippen LogP contribution >= 0.6 is 43.1 Å². The van der Waals surface area contributed by atoms with Crippen LogP contribution < -0.4 is 16.0 Å². The smallest absolute Gasteiger partial charge is 0.325 e. The topological polar surface area (TPSA) is 263 Å². The number of tetrazole rings is 3. The van der Waals surface area contributed by atoms with Crippen LogP contribution in [0.15, 0.2) is 215 Å². The van der Waals surface area contributed by atoms with Gasteiger partial charge in [-0.25, -0.2) is 4.57 Å². The van der Waals surface area contributed by atoms with Crippen LogP contribution in [0.4, 0.5) is 17.1 Å². The van der Waals surface area contributed by atoms with Crippen molar-refractivity contribution in [1.82, 2.24) is 60.6 Å². The number of benzene rings is 9. The SMILES string of the molecule is CC(C)c1ccc(CC(=O)Nc2cc(-c3ccccc3-c3nnnn3COP(=O)(OCn3nnnc3-c3ccccc3-c3ccc(SC(C)(C)C)c(NC(=O)Cc4ccc(C(C)C)cc4)c3)OCn3nnnc3-c3ccccc3-c3ccc(SC(C)(C)C)c(NC(=O)Cc4ccc(C(C)C)cc4)c3)ccc2SC(C)(C)C)cc1. The molecule has 0 aliphatic carbocycles. The van der Waals surface area contributed by atoms with Gasteiger partial charge in [-0.2, -0.15) is 14.0 Å². The van der Waals surface area contributed by atoms with E-state index in [0.717, 1.165) is 64.8 Å². The van der Waals surface area contributed by atoms with Gasteiger partial charge in [0.1, 0.15) is 0 Å². The Labute approximate surface area is 673 Å². The van der Waals surface area contributed by atoms with E-state index in [0.29, 0.717) is 51.5 Å². The first-order chi connectivity index (χ1) is 53.9. The Morgan fingerprint density at radius 1 is 0.363 bits per heavy atom. The number of phosphoric acid groups is 1. The van der Waals surface area contributed by atoms with Crippen LogP contribution in [0.25, 0.3) is 67.5 Å². The summed E-state index contributed by atoms with van der Waals surface area (Å²) >= 11 is 4.93. The average molecular weight is 1590 g/mol. The first-order valence-electron chi connectivity index (χ1n) is 37.6. The predicted molar refractivity (Wildman–Crippen MR) is 452 cm³/mol. The van der Waals surface area contributed by atoms with E-state index in [9.17, 15) is 14.4 Å². The molecule has 0 aliphatic rings. The highest BCUT2D eigenvalue weighted by molar-refractivity contribution is 8.01. The number of nitrogens with zero attached hydrogens (tertiary/aromatic N) is 12. The van der Waals surface area contributed by atoms with E-state index in [1.807, 2.05) is 164 Å². The first kappa shape index (κ1) is 82.2.